The lowest BCUT2D eigenvalue weighted by Gasteiger charge is -2.03. The predicted octanol–water partition coefficient (Wildman–Crippen LogP) is 3.12. The molecule has 0 fully saturated rings. The Balaban J connectivity index is 2.39. The van der Waals surface area contributed by atoms with E-state index in [2.05, 4.69) is 27.0 Å². The van der Waals surface area contributed by atoms with Crippen molar-refractivity contribution in [2.45, 2.75) is 26.2 Å². The molecule has 0 aliphatic rings. The van der Waals surface area contributed by atoms with E-state index in [1.807, 2.05) is 13.1 Å². The van der Waals surface area contributed by atoms with Gasteiger partial charge in [0.25, 0.3) is 0 Å². The van der Waals surface area contributed by atoms with Crippen LogP contribution in [-0.4, -0.2) is 18.7 Å². The van der Waals surface area contributed by atoms with Crippen LogP contribution in [0.4, 0.5) is 0 Å². The van der Waals surface area contributed by atoms with Crippen LogP contribution < -0.4 is 0 Å². The maximum absolute atomic E-state index is 4.99. The molecule has 1 aromatic heterocycles. The molecule has 14 heavy (non-hydrogen) atoms. The summed E-state index contributed by atoms with van der Waals surface area (Å²) in [6, 6.07) is 2.10. The summed E-state index contributed by atoms with van der Waals surface area (Å²) in [5, 5.41) is 0. The SMILES string of the molecule is COCCCCc1cc(Br)c(C)cn1. The minimum Gasteiger partial charge on any atom is -0.385 e. The second-order valence-electron chi connectivity index (χ2n) is 3.37. The molecular weight excluding hydrogens is 242 g/mol. The average Bonchev–Trinajstić information content (AvgIpc) is 2.18. The Kier molecular flexibility index (Phi) is 5.12. The molecule has 0 amide bonds. The summed E-state index contributed by atoms with van der Waals surface area (Å²) in [4.78, 5) is 4.37. The molecule has 0 unspecified atom stereocenters. The van der Waals surface area contributed by atoms with Crippen LogP contribution in [0.15, 0.2) is 16.7 Å². The fourth-order valence-corrected chi connectivity index (χ4v) is 1.59. The zero-order valence-corrected chi connectivity index (χ0v) is 10.3. The Labute approximate surface area is 93.8 Å². The number of hydrogen-bond donors (Lipinski definition) is 0. The molecule has 0 bridgehead atoms. The van der Waals surface area contributed by atoms with E-state index in [4.69, 9.17) is 4.74 Å². The van der Waals surface area contributed by atoms with Crippen molar-refractivity contribution in [1.29, 1.82) is 0 Å². The van der Waals surface area contributed by atoms with Crippen LogP contribution >= 0.6 is 15.9 Å². The highest BCUT2D eigenvalue weighted by atomic mass is 79.9. The Morgan fingerprint density at radius 1 is 1.43 bits per heavy atom. The van der Waals surface area contributed by atoms with Crippen molar-refractivity contribution in [3.05, 3.63) is 28.0 Å². The number of hydrogen-bond acceptors (Lipinski definition) is 2. The molecule has 1 heterocycles. The van der Waals surface area contributed by atoms with E-state index in [1.54, 1.807) is 7.11 Å². The summed E-state index contributed by atoms with van der Waals surface area (Å²) < 4.78 is 6.14. The number of methoxy groups -OCH3 is 1. The third-order valence-electron chi connectivity index (χ3n) is 2.13. The quantitative estimate of drug-likeness (QED) is 0.757. The highest BCUT2D eigenvalue weighted by Crippen LogP contribution is 2.16. The van der Waals surface area contributed by atoms with Gasteiger partial charge in [0.05, 0.1) is 0 Å². The van der Waals surface area contributed by atoms with Gasteiger partial charge in [0.2, 0.25) is 0 Å². The largest absolute Gasteiger partial charge is 0.385 e. The third-order valence-corrected chi connectivity index (χ3v) is 2.98. The Hall–Kier alpha value is -0.410. The molecule has 0 atom stereocenters. The van der Waals surface area contributed by atoms with Crippen LogP contribution in [0.2, 0.25) is 0 Å². The molecule has 3 heteroatoms. The van der Waals surface area contributed by atoms with Gasteiger partial charge < -0.3 is 4.74 Å². The number of unbranched alkanes of at least 4 members (excludes halogenated alkanes) is 1. The molecule has 78 valence electrons. The number of ether oxygens (including phenoxy) is 1. The molecule has 1 aromatic rings. The molecule has 0 N–H and O–H groups in total. The van der Waals surface area contributed by atoms with Crippen molar-refractivity contribution in [2.75, 3.05) is 13.7 Å². The fourth-order valence-electron chi connectivity index (χ4n) is 1.23. The second-order valence-corrected chi connectivity index (χ2v) is 4.23. The lowest BCUT2D eigenvalue weighted by molar-refractivity contribution is 0.193. The lowest BCUT2D eigenvalue weighted by Crippen LogP contribution is -1.94. The maximum Gasteiger partial charge on any atom is 0.0462 e. The summed E-state index contributed by atoms with van der Waals surface area (Å²) in [6.45, 7) is 2.89. The van der Waals surface area contributed by atoms with Gasteiger partial charge in [0.15, 0.2) is 0 Å². The van der Waals surface area contributed by atoms with Crippen LogP contribution in [0.25, 0.3) is 0 Å². The highest BCUT2D eigenvalue weighted by molar-refractivity contribution is 9.10. The minimum absolute atomic E-state index is 0.840. The lowest BCUT2D eigenvalue weighted by atomic mass is 10.1. The van der Waals surface area contributed by atoms with E-state index in [1.165, 1.54) is 5.56 Å². The topological polar surface area (TPSA) is 22.1 Å². The molecule has 0 aliphatic heterocycles. The summed E-state index contributed by atoms with van der Waals surface area (Å²) in [6.07, 6.45) is 5.18. The van der Waals surface area contributed by atoms with Crippen LogP contribution in [0.3, 0.4) is 0 Å². The Morgan fingerprint density at radius 2 is 2.21 bits per heavy atom. The first kappa shape index (κ1) is 11.7. The zero-order valence-electron chi connectivity index (χ0n) is 8.72. The van der Waals surface area contributed by atoms with E-state index in [-0.39, 0.29) is 0 Å². The van der Waals surface area contributed by atoms with E-state index in [0.29, 0.717) is 0 Å². The Bertz CT molecular complexity index is 289. The minimum atomic E-state index is 0.840. The third kappa shape index (κ3) is 3.76. The fraction of sp³-hybridized carbons (Fsp3) is 0.545. The van der Waals surface area contributed by atoms with Crippen LogP contribution in [0, 0.1) is 6.92 Å². The number of halogens is 1. The van der Waals surface area contributed by atoms with Crippen molar-refractivity contribution < 1.29 is 4.74 Å². The summed E-state index contributed by atoms with van der Waals surface area (Å²) in [5.74, 6) is 0. The van der Waals surface area contributed by atoms with E-state index >= 15 is 0 Å². The van der Waals surface area contributed by atoms with Crippen molar-refractivity contribution >= 4 is 15.9 Å². The van der Waals surface area contributed by atoms with Crippen molar-refractivity contribution in [3.8, 4) is 0 Å². The summed E-state index contributed by atoms with van der Waals surface area (Å²) in [7, 11) is 1.74. The number of rotatable bonds is 5. The first-order chi connectivity index (χ1) is 6.74. The van der Waals surface area contributed by atoms with Gasteiger partial charge in [-0.05, 0) is 37.8 Å². The first-order valence-corrected chi connectivity index (χ1v) is 5.63. The van der Waals surface area contributed by atoms with Gasteiger partial charge in [-0.3, -0.25) is 4.98 Å². The van der Waals surface area contributed by atoms with Gasteiger partial charge in [0.1, 0.15) is 0 Å². The highest BCUT2D eigenvalue weighted by Gasteiger charge is 1.98. The molecule has 2 nitrogen and oxygen atoms in total. The Morgan fingerprint density at radius 3 is 2.86 bits per heavy atom. The van der Waals surface area contributed by atoms with Gasteiger partial charge in [0, 0.05) is 30.1 Å². The molecular formula is C11H16BrNO. The number of nitrogens with zero attached hydrogens (tertiary/aromatic N) is 1. The maximum atomic E-state index is 4.99. The van der Waals surface area contributed by atoms with E-state index in [9.17, 15) is 0 Å². The van der Waals surface area contributed by atoms with E-state index < -0.39 is 0 Å². The number of pyridine rings is 1. The molecule has 0 saturated carbocycles. The molecule has 0 radical (unpaired) electrons. The van der Waals surface area contributed by atoms with E-state index in [0.717, 1.165) is 36.0 Å². The standard InChI is InChI=1S/C11H16BrNO/c1-9-8-13-10(7-11(9)12)5-3-4-6-14-2/h7-8H,3-6H2,1-2H3. The van der Waals surface area contributed by atoms with Gasteiger partial charge >= 0.3 is 0 Å². The first-order valence-electron chi connectivity index (χ1n) is 4.84. The predicted molar refractivity (Wildman–Crippen MR) is 61.5 cm³/mol. The van der Waals surface area contributed by atoms with Gasteiger partial charge in [-0.15, -0.1) is 0 Å². The summed E-state index contributed by atoms with van der Waals surface area (Å²) >= 11 is 3.50. The molecule has 0 saturated heterocycles. The van der Waals surface area contributed by atoms with Crippen molar-refractivity contribution in [3.63, 3.8) is 0 Å². The monoisotopic (exact) mass is 257 g/mol. The zero-order chi connectivity index (χ0) is 10.4. The van der Waals surface area contributed by atoms with Crippen LogP contribution in [-0.2, 0) is 11.2 Å². The van der Waals surface area contributed by atoms with Crippen LogP contribution in [0.5, 0.6) is 0 Å². The van der Waals surface area contributed by atoms with Gasteiger partial charge in [-0.2, -0.15) is 0 Å². The molecule has 0 spiro atoms. The summed E-state index contributed by atoms with van der Waals surface area (Å²) in [5.41, 5.74) is 2.34. The van der Waals surface area contributed by atoms with Gasteiger partial charge in [-0.1, -0.05) is 15.9 Å². The smallest absolute Gasteiger partial charge is 0.0462 e. The number of aromatic nitrogens is 1. The molecule has 0 aromatic carbocycles. The van der Waals surface area contributed by atoms with Crippen molar-refractivity contribution in [2.24, 2.45) is 0 Å². The average molecular weight is 258 g/mol. The molecule has 1 rings (SSSR count). The van der Waals surface area contributed by atoms with Gasteiger partial charge in [-0.25, -0.2) is 0 Å². The normalized spacial score (nSPS) is 10.5. The van der Waals surface area contributed by atoms with Crippen molar-refractivity contribution in [1.82, 2.24) is 4.98 Å². The second kappa shape index (κ2) is 6.14. The number of aryl methyl sites for hydroxylation is 2. The van der Waals surface area contributed by atoms with Crippen LogP contribution in [0.1, 0.15) is 24.1 Å². The molecule has 0 aliphatic carbocycles.